The van der Waals surface area contributed by atoms with E-state index in [1.54, 1.807) is 0 Å². The van der Waals surface area contributed by atoms with E-state index in [-0.39, 0.29) is 31.2 Å². The van der Waals surface area contributed by atoms with Gasteiger partial charge in [0.05, 0.1) is 6.20 Å². The predicted molar refractivity (Wildman–Crippen MR) is 105 cm³/mol. The number of carboxylic acid groups (broad SMARTS) is 1. The number of H-pyrrole nitrogens is 1. The van der Waals surface area contributed by atoms with E-state index in [0.717, 1.165) is 0 Å². The lowest BCUT2D eigenvalue weighted by Gasteiger charge is -2.28. The molecule has 0 aliphatic carbocycles. The van der Waals surface area contributed by atoms with Crippen molar-refractivity contribution in [3.8, 4) is 0 Å². The second-order valence-electron chi connectivity index (χ2n) is 7.52. The van der Waals surface area contributed by atoms with E-state index in [1.165, 1.54) is 11.1 Å². The molecule has 2 aliphatic rings. The van der Waals surface area contributed by atoms with Crippen molar-refractivity contribution in [2.75, 3.05) is 18.4 Å². The van der Waals surface area contributed by atoms with Crippen LogP contribution in [0.5, 0.6) is 0 Å². The number of carbonyl (C=O) groups excluding carboxylic acids is 4. The number of nitrogens with two attached hydrogens (primary N) is 1. The Morgan fingerprint density at radius 1 is 1.32 bits per heavy atom. The van der Waals surface area contributed by atoms with Crippen molar-refractivity contribution in [1.29, 1.82) is 0 Å². The van der Waals surface area contributed by atoms with Gasteiger partial charge in [0.2, 0.25) is 29.6 Å². The minimum Gasteiger partial charge on any atom is -0.480 e. The molecule has 3 heterocycles. The van der Waals surface area contributed by atoms with Gasteiger partial charge in [-0.25, -0.2) is 4.98 Å². The van der Waals surface area contributed by atoms with Crippen molar-refractivity contribution in [2.45, 2.75) is 50.2 Å². The van der Waals surface area contributed by atoms with Gasteiger partial charge in [0.25, 0.3) is 0 Å². The lowest BCUT2D eigenvalue weighted by Crippen LogP contribution is -2.56. The van der Waals surface area contributed by atoms with Crippen LogP contribution in [-0.4, -0.2) is 80.8 Å². The second kappa shape index (κ2) is 9.45. The SMILES string of the molecule is NC(=O)C1CCCN1C(=O)C(Cc1cnc(NCC(=O)O)[nH]1)NC(=O)C1CCC(=O)N1. The number of primary amides is 1. The molecule has 4 amide bonds. The molecule has 1 aromatic heterocycles. The smallest absolute Gasteiger partial charge is 0.322 e. The highest BCUT2D eigenvalue weighted by atomic mass is 16.4. The number of imidazole rings is 1. The summed E-state index contributed by atoms with van der Waals surface area (Å²) in [4.78, 5) is 67.9. The molecule has 13 nitrogen and oxygen atoms in total. The van der Waals surface area contributed by atoms with Gasteiger partial charge in [-0.2, -0.15) is 0 Å². The third kappa shape index (κ3) is 5.49. The lowest BCUT2D eigenvalue weighted by atomic mass is 10.1. The molecule has 2 fully saturated rings. The molecule has 168 valence electrons. The third-order valence-electron chi connectivity index (χ3n) is 5.25. The highest BCUT2D eigenvalue weighted by Crippen LogP contribution is 2.19. The third-order valence-corrected chi connectivity index (χ3v) is 5.25. The largest absolute Gasteiger partial charge is 0.480 e. The Morgan fingerprint density at radius 2 is 2.10 bits per heavy atom. The first kappa shape index (κ1) is 22.1. The van der Waals surface area contributed by atoms with E-state index in [9.17, 15) is 24.0 Å². The van der Waals surface area contributed by atoms with Gasteiger partial charge in [-0.3, -0.25) is 24.0 Å². The summed E-state index contributed by atoms with van der Waals surface area (Å²) in [6.45, 7) is -0.00510. The number of hydrogen-bond donors (Lipinski definition) is 6. The van der Waals surface area contributed by atoms with Crippen LogP contribution in [0.4, 0.5) is 5.95 Å². The van der Waals surface area contributed by atoms with E-state index in [4.69, 9.17) is 10.8 Å². The number of likely N-dealkylation sites (tertiary alicyclic amines) is 1. The summed E-state index contributed by atoms with van der Waals surface area (Å²) in [6, 6.07) is -2.51. The number of hydrogen-bond acceptors (Lipinski definition) is 7. The Balaban J connectivity index is 1.74. The number of aromatic amines is 1. The van der Waals surface area contributed by atoms with Crippen LogP contribution in [0.15, 0.2) is 6.20 Å². The highest BCUT2D eigenvalue weighted by molar-refractivity contribution is 5.95. The Hall–Kier alpha value is -3.64. The average molecular weight is 435 g/mol. The quantitative estimate of drug-likeness (QED) is 0.248. The van der Waals surface area contributed by atoms with Gasteiger partial charge >= 0.3 is 5.97 Å². The van der Waals surface area contributed by atoms with Gasteiger partial charge < -0.3 is 36.7 Å². The summed E-state index contributed by atoms with van der Waals surface area (Å²) >= 11 is 0. The molecular weight excluding hydrogens is 410 g/mol. The first-order valence-electron chi connectivity index (χ1n) is 9.93. The molecule has 3 rings (SSSR count). The van der Waals surface area contributed by atoms with E-state index in [0.29, 0.717) is 31.5 Å². The van der Waals surface area contributed by atoms with Crippen LogP contribution < -0.4 is 21.7 Å². The highest BCUT2D eigenvalue weighted by Gasteiger charge is 2.38. The molecule has 0 saturated carbocycles. The van der Waals surface area contributed by atoms with Crippen molar-refractivity contribution in [2.24, 2.45) is 5.73 Å². The van der Waals surface area contributed by atoms with Crippen molar-refractivity contribution in [3.63, 3.8) is 0 Å². The topological polar surface area (TPSA) is 200 Å². The maximum Gasteiger partial charge on any atom is 0.322 e. The van der Waals surface area contributed by atoms with Gasteiger partial charge in [-0.15, -0.1) is 0 Å². The number of nitrogens with zero attached hydrogens (tertiary/aromatic N) is 2. The second-order valence-corrected chi connectivity index (χ2v) is 7.52. The molecule has 3 atom stereocenters. The number of nitrogens with one attached hydrogen (secondary N) is 4. The maximum absolute atomic E-state index is 13.2. The van der Waals surface area contributed by atoms with Crippen molar-refractivity contribution < 1.29 is 29.1 Å². The van der Waals surface area contributed by atoms with Gasteiger partial charge in [0, 0.05) is 25.1 Å². The van der Waals surface area contributed by atoms with E-state index >= 15 is 0 Å². The summed E-state index contributed by atoms with van der Waals surface area (Å²) in [7, 11) is 0. The number of amides is 4. The van der Waals surface area contributed by atoms with Crippen molar-refractivity contribution >= 4 is 35.5 Å². The fourth-order valence-electron chi connectivity index (χ4n) is 3.74. The van der Waals surface area contributed by atoms with Gasteiger partial charge in [0.15, 0.2) is 0 Å². The first-order chi connectivity index (χ1) is 14.7. The Bertz CT molecular complexity index is 885. The van der Waals surface area contributed by atoms with Gasteiger partial charge in [-0.05, 0) is 19.3 Å². The Labute approximate surface area is 177 Å². The fourth-order valence-corrected chi connectivity index (χ4v) is 3.74. The van der Waals surface area contributed by atoms with Crippen LogP contribution in [0, 0.1) is 0 Å². The fraction of sp³-hybridized carbons (Fsp3) is 0.556. The number of carboxylic acids is 1. The Kier molecular flexibility index (Phi) is 6.72. The molecule has 7 N–H and O–H groups in total. The first-order valence-corrected chi connectivity index (χ1v) is 9.93. The minimum atomic E-state index is -1.07. The zero-order valence-corrected chi connectivity index (χ0v) is 16.7. The van der Waals surface area contributed by atoms with E-state index < -0.39 is 41.8 Å². The lowest BCUT2D eigenvalue weighted by molar-refractivity contribution is -0.140. The molecule has 0 bridgehead atoms. The molecule has 31 heavy (non-hydrogen) atoms. The minimum absolute atomic E-state index is 0.0228. The number of rotatable bonds is 9. The summed E-state index contributed by atoms with van der Waals surface area (Å²) in [5.74, 6) is -2.67. The molecule has 13 heteroatoms. The number of aromatic nitrogens is 2. The number of anilines is 1. The van der Waals surface area contributed by atoms with Crippen LogP contribution in [0.3, 0.4) is 0 Å². The summed E-state index contributed by atoms with van der Waals surface area (Å²) in [5.41, 5.74) is 5.89. The van der Waals surface area contributed by atoms with Crippen molar-refractivity contribution in [1.82, 2.24) is 25.5 Å². The van der Waals surface area contributed by atoms with Crippen LogP contribution in [0.25, 0.3) is 0 Å². The predicted octanol–water partition coefficient (Wildman–Crippen LogP) is -2.31. The zero-order chi connectivity index (χ0) is 22.5. The van der Waals surface area contributed by atoms with E-state index in [2.05, 4.69) is 25.9 Å². The summed E-state index contributed by atoms with van der Waals surface area (Å²) in [6.07, 6.45) is 3.07. The Morgan fingerprint density at radius 3 is 2.74 bits per heavy atom. The van der Waals surface area contributed by atoms with Gasteiger partial charge in [0.1, 0.15) is 24.7 Å². The standard InChI is InChI=1S/C18H25N7O6/c19-15(29)12-2-1-5-25(12)17(31)11(24-16(30)10-3-4-13(26)23-10)6-9-7-20-18(22-9)21-8-14(27)28/h7,10-12H,1-6,8H2,(H2,19,29)(H,23,26)(H,24,30)(H,27,28)(H2,20,21,22). The van der Waals surface area contributed by atoms with Crippen molar-refractivity contribution in [3.05, 3.63) is 11.9 Å². The maximum atomic E-state index is 13.2. The van der Waals surface area contributed by atoms with Crippen LogP contribution in [-0.2, 0) is 30.4 Å². The van der Waals surface area contributed by atoms with Gasteiger partial charge in [-0.1, -0.05) is 0 Å². The monoisotopic (exact) mass is 435 g/mol. The normalized spacial score (nSPS) is 21.4. The molecule has 1 aromatic rings. The molecule has 2 saturated heterocycles. The van der Waals surface area contributed by atoms with Crippen LogP contribution >= 0.6 is 0 Å². The van der Waals surface area contributed by atoms with E-state index in [1.807, 2.05) is 0 Å². The van der Waals surface area contributed by atoms with Crippen LogP contribution in [0.1, 0.15) is 31.4 Å². The summed E-state index contributed by atoms with van der Waals surface area (Å²) in [5, 5.41) is 16.5. The average Bonchev–Trinajstić information content (AvgIpc) is 3.45. The molecule has 2 aliphatic heterocycles. The summed E-state index contributed by atoms with van der Waals surface area (Å²) < 4.78 is 0. The molecule has 0 radical (unpaired) electrons. The molecule has 0 spiro atoms. The zero-order valence-electron chi connectivity index (χ0n) is 16.7. The molecular formula is C18H25N7O6. The molecule has 0 aromatic carbocycles. The van der Waals surface area contributed by atoms with Crippen LogP contribution in [0.2, 0.25) is 0 Å². The number of aliphatic carboxylic acids is 1. The molecule has 3 unspecified atom stereocenters. The number of carbonyl (C=O) groups is 5.